The summed E-state index contributed by atoms with van der Waals surface area (Å²) in [5.74, 6) is 0.877. The second kappa shape index (κ2) is 3.70. The quantitative estimate of drug-likeness (QED) is 0.748. The molecule has 0 saturated heterocycles. The fourth-order valence-electron chi connectivity index (χ4n) is 1.51. The fraction of sp³-hybridized carbons (Fsp3) is 0.273. The average Bonchev–Trinajstić information content (AvgIpc) is 2.23. The van der Waals surface area contributed by atoms with E-state index in [0.717, 1.165) is 5.52 Å². The van der Waals surface area contributed by atoms with E-state index in [1.165, 1.54) is 3.97 Å². The Morgan fingerprint density at radius 1 is 1.33 bits per heavy atom. The van der Waals surface area contributed by atoms with Gasteiger partial charge in [-0.2, -0.15) is 0 Å². The van der Waals surface area contributed by atoms with Crippen LogP contribution in [-0.2, 0) is 0 Å². The molecule has 0 aliphatic heterocycles. The molecule has 1 heterocycles. The summed E-state index contributed by atoms with van der Waals surface area (Å²) in [6.07, 6.45) is 0. The molecule has 0 bridgehead atoms. The van der Waals surface area contributed by atoms with E-state index in [1.807, 2.05) is 32.0 Å². The zero-order chi connectivity index (χ0) is 11.0. The van der Waals surface area contributed by atoms with Crippen molar-refractivity contribution < 1.29 is 0 Å². The largest absolute Gasteiger partial charge is 0.271 e. The summed E-state index contributed by atoms with van der Waals surface area (Å²) < 4.78 is 1.33. The van der Waals surface area contributed by atoms with Crippen LogP contribution in [0.15, 0.2) is 29.1 Å². The van der Waals surface area contributed by atoms with Gasteiger partial charge in [0, 0.05) is 5.92 Å². The lowest BCUT2D eigenvalue weighted by Crippen LogP contribution is -2.19. The average molecular weight is 220 g/mol. The van der Waals surface area contributed by atoms with Crippen molar-refractivity contribution in [3.8, 4) is 0 Å². The van der Waals surface area contributed by atoms with Crippen molar-refractivity contribution in [2.24, 2.45) is 0 Å². The molecule has 78 valence electrons. The van der Waals surface area contributed by atoms with Crippen molar-refractivity contribution in [2.45, 2.75) is 19.8 Å². The first-order valence-electron chi connectivity index (χ1n) is 4.82. The number of hydrogen-bond acceptors (Lipinski definition) is 3. The lowest BCUT2D eigenvalue weighted by atomic mass is 10.2. The zero-order valence-corrected chi connectivity index (χ0v) is 9.53. The molecular weight excluding hydrogens is 208 g/mol. The summed E-state index contributed by atoms with van der Waals surface area (Å²) in [4.78, 5) is 16.3. The maximum absolute atomic E-state index is 11.9. The molecule has 0 unspecified atom stereocenters. The Labute approximate surface area is 93.3 Å². The van der Waals surface area contributed by atoms with Gasteiger partial charge in [-0.05, 0) is 12.1 Å². The van der Waals surface area contributed by atoms with Gasteiger partial charge >= 0.3 is 0 Å². The maximum atomic E-state index is 11.9. The molecule has 1 aromatic carbocycles. The third-order valence-corrected chi connectivity index (χ3v) is 2.68. The van der Waals surface area contributed by atoms with Gasteiger partial charge in [0.25, 0.3) is 5.56 Å². The van der Waals surface area contributed by atoms with Crippen LogP contribution in [0.2, 0.25) is 0 Å². The Kier molecular flexibility index (Phi) is 2.52. The Balaban J connectivity index is 2.89. The van der Waals surface area contributed by atoms with Gasteiger partial charge in [-0.15, -0.1) is 0 Å². The number of aromatic nitrogens is 2. The molecular formula is C11H12N2OS. The monoisotopic (exact) mass is 220 g/mol. The molecule has 0 atom stereocenters. The molecule has 0 spiro atoms. The summed E-state index contributed by atoms with van der Waals surface area (Å²) in [5.41, 5.74) is 0.629. The Morgan fingerprint density at radius 2 is 2.00 bits per heavy atom. The molecule has 0 saturated carbocycles. The molecule has 0 amide bonds. The fourth-order valence-corrected chi connectivity index (χ4v) is 1.90. The number of benzene rings is 1. The third-order valence-electron chi connectivity index (χ3n) is 2.30. The standard InChI is InChI=1S/C11H12N2OS/c1-7(2)10-12-9-6-4-3-5-8(9)11(14)13(10)15/h3-7,15H,1-2H3. The molecule has 0 aliphatic carbocycles. The number of para-hydroxylation sites is 1. The molecule has 0 aliphatic rings. The van der Waals surface area contributed by atoms with Crippen molar-refractivity contribution in [1.29, 1.82) is 0 Å². The molecule has 2 rings (SSSR count). The van der Waals surface area contributed by atoms with Crippen LogP contribution < -0.4 is 5.56 Å². The van der Waals surface area contributed by atoms with Crippen LogP contribution in [-0.4, -0.2) is 8.96 Å². The molecule has 1 aromatic heterocycles. The predicted octanol–water partition coefficient (Wildman–Crippen LogP) is 2.21. The molecule has 2 aromatic rings. The van der Waals surface area contributed by atoms with Crippen molar-refractivity contribution in [3.05, 3.63) is 40.4 Å². The van der Waals surface area contributed by atoms with E-state index in [0.29, 0.717) is 11.2 Å². The molecule has 4 heteroatoms. The third kappa shape index (κ3) is 1.65. The van der Waals surface area contributed by atoms with Gasteiger partial charge < -0.3 is 0 Å². The molecule has 15 heavy (non-hydrogen) atoms. The Morgan fingerprint density at radius 3 is 2.67 bits per heavy atom. The number of nitrogens with zero attached hydrogens (tertiary/aromatic N) is 2. The highest BCUT2D eigenvalue weighted by Crippen LogP contribution is 2.14. The van der Waals surface area contributed by atoms with Gasteiger partial charge in [-0.1, -0.05) is 38.8 Å². The molecule has 0 radical (unpaired) electrons. The molecule has 3 nitrogen and oxygen atoms in total. The first-order valence-corrected chi connectivity index (χ1v) is 5.22. The van der Waals surface area contributed by atoms with Gasteiger partial charge in [0.15, 0.2) is 0 Å². The van der Waals surface area contributed by atoms with E-state index in [2.05, 4.69) is 17.8 Å². The van der Waals surface area contributed by atoms with E-state index in [-0.39, 0.29) is 11.5 Å². The lowest BCUT2D eigenvalue weighted by molar-refractivity contribution is 0.760. The Bertz CT molecular complexity index is 560. The van der Waals surface area contributed by atoms with E-state index < -0.39 is 0 Å². The summed E-state index contributed by atoms with van der Waals surface area (Å²) in [6, 6.07) is 7.31. The first kappa shape index (κ1) is 10.2. The highest BCUT2D eigenvalue weighted by atomic mass is 32.1. The number of thiol groups is 1. The first-order chi connectivity index (χ1) is 7.11. The second-order valence-electron chi connectivity index (χ2n) is 3.76. The normalized spacial score (nSPS) is 11.2. The minimum Gasteiger partial charge on any atom is -0.268 e. The van der Waals surface area contributed by atoms with Crippen LogP contribution in [0.1, 0.15) is 25.6 Å². The summed E-state index contributed by atoms with van der Waals surface area (Å²) in [7, 11) is 0. The Hall–Kier alpha value is -1.29. The summed E-state index contributed by atoms with van der Waals surface area (Å²) >= 11 is 4.17. The number of hydrogen-bond donors (Lipinski definition) is 1. The topological polar surface area (TPSA) is 34.9 Å². The van der Waals surface area contributed by atoms with Gasteiger partial charge in [-0.3, -0.25) is 4.79 Å². The minimum absolute atomic E-state index is 0.104. The van der Waals surface area contributed by atoms with E-state index in [9.17, 15) is 4.79 Å². The van der Waals surface area contributed by atoms with Crippen molar-refractivity contribution >= 4 is 23.7 Å². The smallest absolute Gasteiger partial charge is 0.268 e. The van der Waals surface area contributed by atoms with Crippen molar-refractivity contribution in [2.75, 3.05) is 0 Å². The van der Waals surface area contributed by atoms with Crippen LogP contribution in [0.25, 0.3) is 10.9 Å². The highest BCUT2D eigenvalue weighted by Gasteiger charge is 2.10. The molecule has 0 fully saturated rings. The predicted molar refractivity (Wildman–Crippen MR) is 64.5 cm³/mol. The van der Waals surface area contributed by atoms with Crippen LogP contribution in [0, 0.1) is 0 Å². The zero-order valence-electron chi connectivity index (χ0n) is 8.64. The van der Waals surface area contributed by atoms with Gasteiger partial charge in [0.1, 0.15) is 5.82 Å². The van der Waals surface area contributed by atoms with Gasteiger partial charge in [0.05, 0.1) is 10.9 Å². The highest BCUT2D eigenvalue weighted by molar-refractivity contribution is 7.78. The SMILES string of the molecule is CC(C)c1nc2ccccc2c(=O)n1S. The summed E-state index contributed by atoms with van der Waals surface area (Å²) in [6.45, 7) is 3.98. The van der Waals surface area contributed by atoms with E-state index >= 15 is 0 Å². The summed E-state index contributed by atoms with van der Waals surface area (Å²) in [5, 5.41) is 0.608. The van der Waals surface area contributed by atoms with Gasteiger partial charge in [-0.25, -0.2) is 8.96 Å². The van der Waals surface area contributed by atoms with Crippen LogP contribution in [0.5, 0.6) is 0 Å². The second-order valence-corrected chi connectivity index (χ2v) is 4.16. The van der Waals surface area contributed by atoms with E-state index in [1.54, 1.807) is 6.07 Å². The molecule has 0 N–H and O–H groups in total. The lowest BCUT2D eigenvalue weighted by Gasteiger charge is -2.10. The van der Waals surface area contributed by atoms with Gasteiger partial charge in [0.2, 0.25) is 0 Å². The number of fused-ring (bicyclic) bond motifs is 1. The van der Waals surface area contributed by atoms with Crippen LogP contribution >= 0.6 is 12.8 Å². The minimum atomic E-state index is -0.104. The van der Waals surface area contributed by atoms with Crippen molar-refractivity contribution in [1.82, 2.24) is 8.96 Å². The number of rotatable bonds is 1. The van der Waals surface area contributed by atoms with Crippen molar-refractivity contribution in [3.63, 3.8) is 0 Å². The van der Waals surface area contributed by atoms with Crippen LogP contribution in [0.3, 0.4) is 0 Å². The van der Waals surface area contributed by atoms with E-state index in [4.69, 9.17) is 0 Å². The maximum Gasteiger partial charge on any atom is 0.271 e. The van der Waals surface area contributed by atoms with Crippen LogP contribution in [0.4, 0.5) is 0 Å².